The molecular weight excluding hydrogens is 201 g/mol. The zero-order chi connectivity index (χ0) is 11.4. The quantitative estimate of drug-likeness (QED) is 0.822. The summed E-state index contributed by atoms with van der Waals surface area (Å²) in [6.07, 6.45) is 0. The number of hydrogen-bond donors (Lipinski definition) is 1. The molecule has 0 spiro atoms. The van der Waals surface area contributed by atoms with E-state index in [0.717, 1.165) is 11.3 Å². The van der Waals surface area contributed by atoms with E-state index < -0.39 is 0 Å². The monoisotopic (exact) mass is 215 g/mol. The van der Waals surface area contributed by atoms with Crippen LogP contribution in [0, 0.1) is 12.7 Å². The summed E-state index contributed by atoms with van der Waals surface area (Å²) >= 11 is 0. The van der Waals surface area contributed by atoms with Crippen molar-refractivity contribution in [2.75, 3.05) is 5.32 Å². The fourth-order valence-electron chi connectivity index (χ4n) is 1.59. The summed E-state index contributed by atoms with van der Waals surface area (Å²) in [7, 11) is 0. The minimum absolute atomic E-state index is 0.158. The Hall–Kier alpha value is -1.83. The number of benzene rings is 2. The fraction of sp³-hybridized carbons (Fsp3) is 0.143. The van der Waals surface area contributed by atoms with Crippen molar-refractivity contribution in [1.29, 1.82) is 0 Å². The number of rotatable bonds is 3. The molecule has 0 atom stereocenters. The van der Waals surface area contributed by atoms with Crippen LogP contribution in [-0.2, 0) is 6.54 Å². The zero-order valence-corrected chi connectivity index (χ0v) is 9.20. The van der Waals surface area contributed by atoms with Crippen molar-refractivity contribution >= 4 is 5.69 Å². The molecule has 0 radical (unpaired) electrons. The first-order chi connectivity index (χ1) is 7.75. The molecule has 0 aliphatic heterocycles. The molecule has 1 nitrogen and oxygen atoms in total. The van der Waals surface area contributed by atoms with Gasteiger partial charge in [-0.2, -0.15) is 0 Å². The Kier molecular flexibility index (Phi) is 3.20. The number of aryl methyl sites for hydroxylation is 1. The minimum atomic E-state index is -0.158. The Morgan fingerprint density at radius 1 is 1.06 bits per heavy atom. The van der Waals surface area contributed by atoms with Crippen LogP contribution in [-0.4, -0.2) is 0 Å². The third-order valence-corrected chi connectivity index (χ3v) is 2.46. The molecule has 0 amide bonds. The SMILES string of the molecule is Cc1ccc(F)c(CNc2ccccc2)c1. The second-order valence-electron chi connectivity index (χ2n) is 3.81. The van der Waals surface area contributed by atoms with E-state index in [0.29, 0.717) is 12.1 Å². The normalized spacial score (nSPS) is 10.1. The van der Waals surface area contributed by atoms with Crippen molar-refractivity contribution in [2.24, 2.45) is 0 Å². The van der Waals surface area contributed by atoms with Crippen LogP contribution >= 0.6 is 0 Å². The highest BCUT2D eigenvalue weighted by Gasteiger charge is 2.01. The van der Waals surface area contributed by atoms with Gasteiger partial charge in [-0.15, -0.1) is 0 Å². The van der Waals surface area contributed by atoms with Crippen molar-refractivity contribution in [3.63, 3.8) is 0 Å². The highest BCUT2D eigenvalue weighted by Crippen LogP contribution is 2.13. The van der Waals surface area contributed by atoms with Gasteiger partial charge in [0.05, 0.1) is 0 Å². The van der Waals surface area contributed by atoms with Crippen LogP contribution < -0.4 is 5.32 Å². The van der Waals surface area contributed by atoms with Crippen molar-refractivity contribution in [3.05, 3.63) is 65.5 Å². The molecule has 0 aromatic heterocycles. The molecule has 0 aliphatic carbocycles. The molecule has 0 saturated heterocycles. The topological polar surface area (TPSA) is 12.0 Å². The maximum atomic E-state index is 13.4. The van der Waals surface area contributed by atoms with Gasteiger partial charge in [-0.25, -0.2) is 4.39 Å². The lowest BCUT2D eigenvalue weighted by Crippen LogP contribution is -2.01. The van der Waals surface area contributed by atoms with Gasteiger partial charge < -0.3 is 5.32 Å². The van der Waals surface area contributed by atoms with Crippen LogP contribution in [0.15, 0.2) is 48.5 Å². The molecule has 2 rings (SSSR count). The summed E-state index contributed by atoms with van der Waals surface area (Å²) < 4.78 is 13.4. The number of para-hydroxylation sites is 1. The lowest BCUT2D eigenvalue weighted by atomic mass is 10.1. The van der Waals surface area contributed by atoms with Crippen LogP contribution in [0.5, 0.6) is 0 Å². The number of nitrogens with one attached hydrogen (secondary N) is 1. The molecular formula is C14H14FN. The van der Waals surface area contributed by atoms with Crippen molar-refractivity contribution in [2.45, 2.75) is 13.5 Å². The molecule has 0 bridgehead atoms. The van der Waals surface area contributed by atoms with E-state index in [1.165, 1.54) is 6.07 Å². The molecule has 0 aliphatic rings. The van der Waals surface area contributed by atoms with Gasteiger partial charge in [0, 0.05) is 17.8 Å². The molecule has 0 unspecified atom stereocenters. The summed E-state index contributed by atoms with van der Waals surface area (Å²) in [4.78, 5) is 0. The van der Waals surface area contributed by atoms with E-state index in [1.807, 2.05) is 43.3 Å². The third kappa shape index (κ3) is 2.60. The lowest BCUT2D eigenvalue weighted by Gasteiger charge is -2.07. The predicted octanol–water partition coefficient (Wildman–Crippen LogP) is 3.75. The zero-order valence-electron chi connectivity index (χ0n) is 9.20. The summed E-state index contributed by atoms with van der Waals surface area (Å²) in [6.45, 7) is 2.48. The number of hydrogen-bond acceptors (Lipinski definition) is 1. The first-order valence-corrected chi connectivity index (χ1v) is 5.29. The van der Waals surface area contributed by atoms with Crippen LogP contribution in [0.3, 0.4) is 0 Å². The summed E-state index contributed by atoms with van der Waals surface area (Å²) in [5.74, 6) is -0.158. The van der Waals surface area contributed by atoms with Gasteiger partial charge in [0.25, 0.3) is 0 Å². The molecule has 2 aromatic rings. The van der Waals surface area contributed by atoms with Gasteiger partial charge in [0.1, 0.15) is 5.82 Å². The summed E-state index contributed by atoms with van der Waals surface area (Å²) in [5.41, 5.74) is 2.78. The Labute approximate surface area is 94.9 Å². The van der Waals surface area contributed by atoms with Crippen LogP contribution in [0.1, 0.15) is 11.1 Å². The summed E-state index contributed by atoms with van der Waals surface area (Å²) in [5, 5.41) is 3.19. The average Bonchev–Trinajstić information content (AvgIpc) is 2.32. The maximum absolute atomic E-state index is 13.4. The first-order valence-electron chi connectivity index (χ1n) is 5.29. The van der Waals surface area contributed by atoms with Gasteiger partial charge >= 0.3 is 0 Å². The molecule has 0 fully saturated rings. The van der Waals surface area contributed by atoms with Gasteiger partial charge in [0.2, 0.25) is 0 Å². The Morgan fingerprint density at radius 3 is 2.56 bits per heavy atom. The van der Waals surface area contributed by atoms with Crippen LogP contribution in [0.2, 0.25) is 0 Å². The van der Waals surface area contributed by atoms with Gasteiger partial charge in [0.15, 0.2) is 0 Å². The van der Waals surface area contributed by atoms with Crippen LogP contribution in [0.4, 0.5) is 10.1 Å². The average molecular weight is 215 g/mol. The lowest BCUT2D eigenvalue weighted by molar-refractivity contribution is 0.612. The predicted molar refractivity (Wildman–Crippen MR) is 64.9 cm³/mol. The summed E-state index contributed by atoms with van der Waals surface area (Å²) in [6, 6.07) is 15.0. The van der Waals surface area contributed by atoms with Crippen LogP contribution in [0.25, 0.3) is 0 Å². The first kappa shape index (κ1) is 10.7. The van der Waals surface area contributed by atoms with Crippen molar-refractivity contribution in [1.82, 2.24) is 0 Å². The molecule has 2 heteroatoms. The molecule has 82 valence electrons. The second-order valence-corrected chi connectivity index (χ2v) is 3.81. The Morgan fingerprint density at radius 2 is 1.81 bits per heavy atom. The van der Waals surface area contributed by atoms with E-state index in [2.05, 4.69) is 5.32 Å². The van der Waals surface area contributed by atoms with E-state index >= 15 is 0 Å². The van der Waals surface area contributed by atoms with E-state index in [1.54, 1.807) is 6.07 Å². The Balaban J connectivity index is 2.08. The Bertz CT molecular complexity index is 465. The second kappa shape index (κ2) is 4.79. The molecule has 1 N–H and O–H groups in total. The van der Waals surface area contributed by atoms with E-state index in [-0.39, 0.29) is 5.82 Å². The van der Waals surface area contributed by atoms with Crippen molar-refractivity contribution in [3.8, 4) is 0 Å². The van der Waals surface area contributed by atoms with Gasteiger partial charge in [-0.3, -0.25) is 0 Å². The van der Waals surface area contributed by atoms with Gasteiger partial charge in [-0.05, 0) is 25.1 Å². The highest BCUT2D eigenvalue weighted by atomic mass is 19.1. The van der Waals surface area contributed by atoms with E-state index in [9.17, 15) is 4.39 Å². The smallest absolute Gasteiger partial charge is 0.128 e. The third-order valence-electron chi connectivity index (χ3n) is 2.46. The van der Waals surface area contributed by atoms with Gasteiger partial charge in [-0.1, -0.05) is 35.9 Å². The standard InChI is InChI=1S/C14H14FN/c1-11-7-8-14(15)12(9-11)10-16-13-5-3-2-4-6-13/h2-9,16H,10H2,1H3. The maximum Gasteiger partial charge on any atom is 0.128 e. The fourth-order valence-corrected chi connectivity index (χ4v) is 1.59. The number of halogens is 1. The largest absolute Gasteiger partial charge is 0.381 e. The van der Waals surface area contributed by atoms with E-state index in [4.69, 9.17) is 0 Å². The minimum Gasteiger partial charge on any atom is -0.381 e. The molecule has 0 saturated carbocycles. The molecule has 16 heavy (non-hydrogen) atoms. The molecule has 0 heterocycles. The van der Waals surface area contributed by atoms with Crippen molar-refractivity contribution < 1.29 is 4.39 Å². The number of anilines is 1. The molecule has 2 aromatic carbocycles. The highest BCUT2D eigenvalue weighted by molar-refractivity contribution is 5.43.